The fourth-order valence-electron chi connectivity index (χ4n) is 3.08. The Hall–Kier alpha value is -2.42. The van der Waals surface area contributed by atoms with Gasteiger partial charge in [0, 0.05) is 0 Å². The summed E-state index contributed by atoms with van der Waals surface area (Å²) in [7, 11) is -9.93. The Morgan fingerprint density at radius 1 is 0.567 bits per heavy atom. The predicted octanol–water partition coefficient (Wildman–Crippen LogP) is 3.24. The number of rotatable bonds is 2. The normalized spacial score (nSPS) is 24.3. The van der Waals surface area contributed by atoms with Gasteiger partial charge in [-0.15, -0.1) is 0 Å². The van der Waals surface area contributed by atoms with Gasteiger partial charge in [0.1, 0.15) is 22.0 Å². The van der Waals surface area contributed by atoms with Gasteiger partial charge in [-0.1, -0.05) is 0 Å². The molecule has 160 valence electrons. The summed E-state index contributed by atoms with van der Waals surface area (Å²) < 4.78 is 140. The van der Waals surface area contributed by atoms with E-state index in [-0.39, 0.29) is 0 Å². The Kier molecular flexibility index (Phi) is 4.54. The second-order valence-electron chi connectivity index (χ2n) is 6.19. The lowest BCUT2D eigenvalue weighted by atomic mass is 10.0. The first-order valence-electron chi connectivity index (χ1n) is 7.73. The highest BCUT2D eigenvalue weighted by Gasteiger charge is 2.56. The molecule has 2 aromatic rings. The van der Waals surface area contributed by atoms with Crippen molar-refractivity contribution in [2.75, 3.05) is 0 Å². The fraction of sp³-hybridized carbons (Fsp3) is 0.125. The maximum absolute atomic E-state index is 13.6. The molecule has 2 atom stereocenters. The molecule has 30 heavy (non-hydrogen) atoms. The Labute approximate surface area is 164 Å². The maximum Gasteiger partial charge on any atom is 0.298 e. The van der Waals surface area contributed by atoms with Crippen LogP contribution in [0.5, 0.6) is 0 Å². The minimum atomic E-state index is -4.96. The van der Waals surface area contributed by atoms with Gasteiger partial charge in [0.15, 0.2) is 34.9 Å². The second kappa shape index (κ2) is 6.54. The van der Waals surface area contributed by atoms with Gasteiger partial charge in [-0.25, -0.2) is 26.3 Å². The first-order chi connectivity index (χ1) is 13.8. The van der Waals surface area contributed by atoms with Gasteiger partial charge in [-0.05, 0) is 35.4 Å². The van der Waals surface area contributed by atoms with E-state index in [4.69, 9.17) is 0 Å². The lowest BCUT2D eigenvalue weighted by molar-refractivity contribution is 0.243. The van der Waals surface area contributed by atoms with E-state index in [2.05, 4.69) is 8.37 Å². The molecule has 0 fully saturated rings. The Morgan fingerprint density at radius 3 is 1.10 bits per heavy atom. The molecule has 14 heteroatoms. The first-order valence-corrected chi connectivity index (χ1v) is 10.5. The molecule has 2 aliphatic rings. The molecule has 0 N–H and O–H groups in total. The average Bonchev–Trinajstić information content (AvgIpc) is 3.09. The summed E-state index contributed by atoms with van der Waals surface area (Å²) in [6, 6.07) is 1.26. The van der Waals surface area contributed by atoms with Crippen molar-refractivity contribution in [3.05, 3.63) is 80.1 Å². The molecule has 2 aromatic carbocycles. The van der Waals surface area contributed by atoms with Gasteiger partial charge >= 0.3 is 0 Å². The van der Waals surface area contributed by atoms with Crippen molar-refractivity contribution >= 4 is 20.2 Å². The summed E-state index contributed by atoms with van der Waals surface area (Å²) in [5.41, 5.74) is -1.44. The standard InChI is InChI=1S/C16H6F6O6S2/c17-7-1-5(2-8(18)11(7)21)13-15-16(30(25,26)27-13)14(28-29(15,23)24)6-3-9(19)12(22)10(20)4-6/h1-4,13-14H. The Morgan fingerprint density at radius 2 is 0.833 bits per heavy atom. The summed E-state index contributed by atoms with van der Waals surface area (Å²) >= 11 is 0. The molecule has 0 saturated heterocycles. The highest BCUT2D eigenvalue weighted by atomic mass is 32.2. The SMILES string of the molecule is O=S1(=O)OC(c2cc(F)c(F)c(F)c2)C2=C1C(c1cc(F)c(F)c(F)c1)OS2(=O)=O. The van der Waals surface area contributed by atoms with Crippen LogP contribution in [0.4, 0.5) is 26.3 Å². The molecular formula is C16H6F6O6S2. The van der Waals surface area contributed by atoms with E-state index in [1.165, 1.54) is 0 Å². The fourth-order valence-corrected chi connectivity index (χ4v) is 6.54. The zero-order chi connectivity index (χ0) is 22.2. The molecule has 2 aliphatic heterocycles. The highest BCUT2D eigenvalue weighted by molar-refractivity contribution is 7.96. The first kappa shape index (κ1) is 20.8. The second-order valence-corrected chi connectivity index (χ2v) is 9.27. The minimum Gasteiger partial charge on any atom is -0.253 e. The number of hydrogen-bond acceptors (Lipinski definition) is 6. The quantitative estimate of drug-likeness (QED) is 0.379. The molecule has 0 spiro atoms. The van der Waals surface area contributed by atoms with Crippen LogP contribution in [0.15, 0.2) is 34.1 Å². The van der Waals surface area contributed by atoms with Crippen LogP contribution in [-0.4, -0.2) is 16.8 Å². The lowest BCUT2D eigenvalue weighted by Gasteiger charge is -2.16. The van der Waals surface area contributed by atoms with Crippen molar-refractivity contribution in [1.82, 2.24) is 0 Å². The van der Waals surface area contributed by atoms with E-state index in [9.17, 15) is 43.2 Å². The molecule has 4 rings (SSSR count). The van der Waals surface area contributed by atoms with Crippen LogP contribution in [0.2, 0.25) is 0 Å². The Bertz CT molecular complexity index is 1200. The van der Waals surface area contributed by atoms with E-state index < -0.39 is 88.3 Å². The van der Waals surface area contributed by atoms with Crippen LogP contribution in [0.25, 0.3) is 0 Å². The third kappa shape index (κ3) is 3.02. The molecular weight excluding hydrogens is 466 g/mol. The van der Waals surface area contributed by atoms with Crippen molar-refractivity contribution in [3.8, 4) is 0 Å². The number of benzene rings is 2. The van der Waals surface area contributed by atoms with Gasteiger partial charge < -0.3 is 0 Å². The topological polar surface area (TPSA) is 86.7 Å². The molecule has 0 aliphatic carbocycles. The molecule has 0 amide bonds. The van der Waals surface area contributed by atoms with Gasteiger partial charge in [-0.3, -0.25) is 8.37 Å². The third-order valence-electron chi connectivity index (χ3n) is 4.32. The van der Waals surface area contributed by atoms with E-state index in [0.717, 1.165) is 0 Å². The van der Waals surface area contributed by atoms with Crippen LogP contribution < -0.4 is 0 Å². The van der Waals surface area contributed by atoms with Crippen LogP contribution in [0.3, 0.4) is 0 Å². The van der Waals surface area contributed by atoms with Gasteiger partial charge in [0.05, 0.1) is 0 Å². The van der Waals surface area contributed by atoms with Crippen LogP contribution in [0, 0.1) is 34.9 Å². The zero-order valence-electron chi connectivity index (χ0n) is 14.0. The molecule has 0 bridgehead atoms. The van der Waals surface area contributed by atoms with Gasteiger partial charge in [-0.2, -0.15) is 16.8 Å². The van der Waals surface area contributed by atoms with Crippen LogP contribution >= 0.6 is 0 Å². The number of halogens is 6. The molecule has 6 nitrogen and oxygen atoms in total. The van der Waals surface area contributed by atoms with Crippen molar-refractivity contribution in [1.29, 1.82) is 0 Å². The predicted molar refractivity (Wildman–Crippen MR) is 85.1 cm³/mol. The maximum atomic E-state index is 13.6. The molecule has 0 aromatic heterocycles. The van der Waals surface area contributed by atoms with E-state index in [1.807, 2.05) is 0 Å². The lowest BCUT2D eigenvalue weighted by Crippen LogP contribution is -2.16. The van der Waals surface area contributed by atoms with Crippen molar-refractivity contribution < 1.29 is 51.5 Å². The largest absolute Gasteiger partial charge is 0.298 e. The van der Waals surface area contributed by atoms with E-state index >= 15 is 0 Å². The molecule has 0 saturated carbocycles. The van der Waals surface area contributed by atoms with Gasteiger partial charge in [0.2, 0.25) is 0 Å². The smallest absolute Gasteiger partial charge is 0.253 e. The monoisotopic (exact) mass is 472 g/mol. The van der Waals surface area contributed by atoms with Crippen molar-refractivity contribution in [3.63, 3.8) is 0 Å². The zero-order valence-corrected chi connectivity index (χ0v) is 15.6. The van der Waals surface area contributed by atoms with Crippen LogP contribution in [0.1, 0.15) is 23.3 Å². The highest BCUT2D eigenvalue weighted by Crippen LogP contribution is 2.54. The van der Waals surface area contributed by atoms with Crippen molar-refractivity contribution in [2.24, 2.45) is 0 Å². The van der Waals surface area contributed by atoms with Gasteiger partial charge in [0.25, 0.3) is 20.2 Å². The summed E-state index contributed by atoms with van der Waals surface area (Å²) in [5.74, 6) is -10.8. The average molecular weight is 472 g/mol. The summed E-state index contributed by atoms with van der Waals surface area (Å²) in [6.45, 7) is 0. The summed E-state index contributed by atoms with van der Waals surface area (Å²) in [5, 5.41) is 0. The van der Waals surface area contributed by atoms with E-state index in [0.29, 0.717) is 24.3 Å². The summed E-state index contributed by atoms with van der Waals surface area (Å²) in [4.78, 5) is -2.22. The Balaban J connectivity index is 1.94. The molecule has 2 unspecified atom stereocenters. The third-order valence-corrected chi connectivity index (χ3v) is 7.29. The van der Waals surface area contributed by atoms with Crippen molar-refractivity contribution in [2.45, 2.75) is 12.2 Å². The summed E-state index contributed by atoms with van der Waals surface area (Å²) in [6.07, 6.45) is -4.31. The minimum absolute atomic E-state index is 0.314. The van der Waals surface area contributed by atoms with Crippen LogP contribution in [-0.2, 0) is 28.6 Å². The van der Waals surface area contributed by atoms with E-state index in [1.54, 1.807) is 0 Å². The number of hydrogen-bond donors (Lipinski definition) is 0. The molecule has 0 radical (unpaired) electrons. The molecule has 2 heterocycles.